The zero-order chi connectivity index (χ0) is 14.6. The number of carbonyl (C=O) groups is 1. The number of nitro groups is 1. The Labute approximate surface area is 117 Å². The lowest BCUT2D eigenvalue weighted by atomic mass is 10.1. The van der Waals surface area contributed by atoms with E-state index in [0.29, 0.717) is 6.42 Å². The van der Waals surface area contributed by atoms with Gasteiger partial charge in [0.05, 0.1) is 4.92 Å². The van der Waals surface area contributed by atoms with Crippen molar-refractivity contribution in [1.29, 1.82) is 0 Å². The van der Waals surface area contributed by atoms with E-state index in [9.17, 15) is 14.9 Å². The van der Waals surface area contributed by atoms with E-state index in [-0.39, 0.29) is 17.1 Å². The minimum atomic E-state index is -0.694. The van der Waals surface area contributed by atoms with Crippen molar-refractivity contribution >= 4 is 23.2 Å². The molecule has 1 N–H and O–H groups in total. The van der Waals surface area contributed by atoms with Gasteiger partial charge in [0.2, 0.25) is 5.91 Å². The molecule has 0 fully saturated rings. The molecule has 0 bridgehead atoms. The Morgan fingerprint density at radius 2 is 1.89 bits per heavy atom. The molecule has 0 heterocycles. The van der Waals surface area contributed by atoms with Crippen molar-refractivity contribution in [1.82, 2.24) is 5.32 Å². The molecule has 0 aliphatic heterocycles. The van der Waals surface area contributed by atoms with Gasteiger partial charge < -0.3 is 5.32 Å². The average Bonchev–Trinajstić information content (AvgIpc) is 2.27. The number of alkyl halides is 1. The van der Waals surface area contributed by atoms with Crippen molar-refractivity contribution in [3.05, 3.63) is 39.9 Å². The molecule has 0 saturated carbocycles. The summed E-state index contributed by atoms with van der Waals surface area (Å²) in [6.45, 7) is 5.63. The fourth-order valence-corrected chi connectivity index (χ4v) is 1.73. The van der Waals surface area contributed by atoms with Crippen molar-refractivity contribution in [2.75, 3.05) is 0 Å². The molecule has 5 nitrogen and oxygen atoms in total. The molecule has 1 aromatic carbocycles. The summed E-state index contributed by atoms with van der Waals surface area (Å²) in [5, 5.41) is 12.6. The lowest BCUT2D eigenvalue weighted by Gasteiger charge is -2.22. The first kappa shape index (κ1) is 15.4. The molecule has 1 aromatic rings. The van der Waals surface area contributed by atoms with Gasteiger partial charge in [0.15, 0.2) is 0 Å². The molecule has 6 heteroatoms. The highest BCUT2D eigenvalue weighted by atomic mass is 35.5. The second-order valence-corrected chi connectivity index (χ2v) is 5.86. The number of nitro benzene ring substituents is 1. The predicted molar refractivity (Wildman–Crippen MR) is 74.3 cm³/mol. The minimum absolute atomic E-state index is 0.0222. The van der Waals surface area contributed by atoms with Crippen LogP contribution in [0.4, 0.5) is 5.69 Å². The maximum atomic E-state index is 11.8. The number of halogens is 1. The Morgan fingerprint density at radius 3 is 2.32 bits per heavy atom. The van der Waals surface area contributed by atoms with Crippen LogP contribution in [0.15, 0.2) is 24.3 Å². The SMILES string of the molecule is CC(C)(C)NC(=O)C(Cl)Cc1ccc([N+](=O)[O-])cc1. The molecule has 19 heavy (non-hydrogen) atoms. The number of benzene rings is 1. The van der Waals surface area contributed by atoms with Gasteiger partial charge in [0, 0.05) is 17.7 Å². The molecule has 0 radical (unpaired) electrons. The van der Waals surface area contributed by atoms with Crippen molar-refractivity contribution in [2.45, 2.75) is 38.1 Å². The van der Waals surface area contributed by atoms with Gasteiger partial charge in [-0.25, -0.2) is 0 Å². The Kier molecular flexibility index (Phi) is 4.89. The number of amides is 1. The number of non-ortho nitro benzene ring substituents is 1. The third-order valence-electron chi connectivity index (χ3n) is 2.34. The number of nitrogens with zero attached hydrogens (tertiary/aromatic N) is 1. The van der Waals surface area contributed by atoms with E-state index in [1.54, 1.807) is 12.1 Å². The second-order valence-electron chi connectivity index (χ2n) is 5.33. The molecule has 1 atom stereocenters. The molecule has 1 amide bonds. The Hall–Kier alpha value is -1.62. The summed E-state index contributed by atoms with van der Waals surface area (Å²) in [7, 11) is 0. The van der Waals surface area contributed by atoms with Crippen molar-refractivity contribution < 1.29 is 9.72 Å². The monoisotopic (exact) mass is 284 g/mol. The van der Waals surface area contributed by atoms with E-state index in [2.05, 4.69) is 5.32 Å². The quantitative estimate of drug-likeness (QED) is 0.525. The molecule has 0 aromatic heterocycles. The number of rotatable bonds is 4. The molecule has 0 spiro atoms. The molecule has 1 rings (SSSR count). The summed E-state index contributed by atoms with van der Waals surface area (Å²) < 4.78 is 0. The fourth-order valence-electron chi connectivity index (χ4n) is 1.50. The average molecular weight is 285 g/mol. The van der Waals surface area contributed by atoms with Crippen LogP contribution in [0.5, 0.6) is 0 Å². The molecule has 104 valence electrons. The number of hydrogen-bond acceptors (Lipinski definition) is 3. The van der Waals surface area contributed by atoms with Crippen molar-refractivity contribution in [3.63, 3.8) is 0 Å². The third-order valence-corrected chi connectivity index (χ3v) is 2.70. The maximum Gasteiger partial charge on any atom is 0.269 e. The van der Waals surface area contributed by atoms with Gasteiger partial charge in [-0.05, 0) is 32.8 Å². The summed E-state index contributed by atoms with van der Waals surface area (Å²) >= 11 is 6.03. The van der Waals surface area contributed by atoms with Crippen LogP contribution in [0.2, 0.25) is 0 Å². The van der Waals surface area contributed by atoms with E-state index in [1.165, 1.54) is 12.1 Å². The lowest BCUT2D eigenvalue weighted by Crippen LogP contribution is -2.44. The van der Waals surface area contributed by atoms with Gasteiger partial charge in [-0.15, -0.1) is 11.6 Å². The Bertz CT molecular complexity index is 466. The van der Waals surface area contributed by atoms with E-state index in [4.69, 9.17) is 11.6 Å². The smallest absolute Gasteiger partial charge is 0.269 e. The van der Waals surface area contributed by atoms with E-state index < -0.39 is 10.3 Å². The normalized spacial score (nSPS) is 12.8. The van der Waals surface area contributed by atoms with E-state index in [1.807, 2.05) is 20.8 Å². The standard InChI is InChI=1S/C13H17ClN2O3/c1-13(2,3)15-12(17)11(14)8-9-4-6-10(7-5-9)16(18)19/h4-7,11H,8H2,1-3H3,(H,15,17). The van der Waals surface area contributed by atoms with Crippen molar-refractivity contribution in [3.8, 4) is 0 Å². The fraction of sp³-hybridized carbons (Fsp3) is 0.462. The molecular formula is C13H17ClN2O3. The Morgan fingerprint density at radius 1 is 1.37 bits per heavy atom. The van der Waals surface area contributed by atoms with Gasteiger partial charge >= 0.3 is 0 Å². The van der Waals surface area contributed by atoms with Crippen LogP contribution in [-0.2, 0) is 11.2 Å². The molecule has 1 unspecified atom stereocenters. The largest absolute Gasteiger partial charge is 0.350 e. The molecule has 0 aliphatic rings. The summed E-state index contributed by atoms with van der Waals surface area (Å²) in [5.74, 6) is -0.243. The van der Waals surface area contributed by atoms with Gasteiger partial charge in [0.1, 0.15) is 5.38 Å². The van der Waals surface area contributed by atoms with Crippen LogP contribution in [0, 0.1) is 10.1 Å². The second kappa shape index (κ2) is 6.02. The lowest BCUT2D eigenvalue weighted by molar-refractivity contribution is -0.384. The van der Waals surface area contributed by atoms with Gasteiger partial charge in [0.25, 0.3) is 5.69 Å². The number of hydrogen-bond donors (Lipinski definition) is 1. The van der Waals surface area contributed by atoms with Crippen LogP contribution in [0.3, 0.4) is 0 Å². The first-order valence-electron chi connectivity index (χ1n) is 5.88. The van der Waals surface area contributed by atoms with Gasteiger partial charge in [-0.1, -0.05) is 12.1 Å². The van der Waals surface area contributed by atoms with Gasteiger partial charge in [-0.3, -0.25) is 14.9 Å². The van der Waals surface area contributed by atoms with E-state index in [0.717, 1.165) is 5.56 Å². The van der Waals surface area contributed by atoms with E-state index >= 15 is 0 Å². The summed E-state index contributed by atoms with van der Waals surface area (Å²) in [6, 6.07) is 6.02. The van der Waals surface area contributed by atoms with Crippen molar-refractivity contribution in [2.24, 2.45) is 0 Å². The van der Waals surface area contributed by atoms with Crippen LogP contribution in [0.1, 0.15) is 26.3 Å². The van der Waals surface area contributed by atoms with Crippen LogP contribution in [-0.4, -0.2) is 21.7 Å². The predicted octanol–water partition coefficient (Wildman–Crippen LogP) is 2.66. The van der Waals surface area contributed by atoms with Crippen LogP contribution in [0.25, 0.3) is 0 Å². The number of carbonyl (C=O) groups excluding carboxylic acids is 1. The summed E-state index contributed by atoms with van der Waals surface area (Å²) in [4.78, 5) is 21.8. The number of nitrogens with one attached hydrogen (secondary N) is 1. The molecule has 0 aliphatic carbocycles. The van der Waals surface area contributed by atoms with Crippen LogP contribution >= 0.6 is 11.6 Å². The highest BCUT2D eigenvalue weighted by molar-refractivity contribution is 6.30. The first-order valence-corrected chi connectivity index (χ1v) is 6.32. The maximum absolute atomic E-state index is 11.8. The summed E-state index contributed by atoms with van der Waals surface area (Å²) in [5.41, 5.74) is 0.475. The zero-order valence-corrected chi connectivity index (χ0v) is 11.9. The highest BCUT2D eigenvalue weighted by Gasteiger charge is 2.21. The molecule has 0 saturated heterocycles. The highest BCUT2D eigenvalue weighted by Crippen LogP contribution is 2.15. The van der Waals surface area contributed by atoms with Crippen LogP contribution < -0.4 is 5.32 Å². The Balaban J connectivity index is 2.64. The van der Waals surface area contributed by atoms with Gasteiger partial charge in [-0.2, -0.15) is 0 Å². The minimum Gasteiger partial charge on any atom is -0.350 e. The first-order chi connectivity index (χ1) is 8.69. The molecular weight excluding hydrogens is 268 g/mol. The topological polar surface area (TPSA) is 72.2 Å². The third kappa shape index (κ3) is 5.26. The zero-order valence-electron chi connectivity index (χ0n) is 11.1. The summed E-state index contributed by atoms with van der Waals surface area (Å²) in [6.07, 6.45) is 0.335.